The predicted octanol–water partition coefficient (Wildman–Crippen LogP) is 2.95. The van der Waals surface area contributed by atoms with Crippen molar-refractivity contribution in [2.24, 2.45) is 0 Å². The Balaban J connectivity index is 1.33. The van der Waals surface area contributed by atoms with E-state index >= 15 is 0 Å². The summed E-state index contributed by atoms with van der Waals surface area (Å²) in [6.45, 7) is 0.394. The van der Waals surface area contributed by atoms with Gasteiger partial charge in [0, 0.05) is 46.4 Å². The fraction of sp³-hybridized carbons (Fsp3) is 0.100. The molecule has 0 aliphatic heterocycles. The summed E-state index contributed by atoms with van der Waals surface area (Å²) in [6, 6.07) is 15.3. The first-order valence-corrected chi connectivity index (χ1v) is 8.42. The first-order valence-electron chi connectivity index (χ1n) is 8.42. The predicted molar refractivity (Wildman–Crippen MR) is 102 cm³/mol. The molecule has 0 saturated carbocycles. The van der Waals surface area contributed by atoms with Gasteiger partial charge >= 0.3 is 11.8 Å². The van der Waals surface area contributed by atoms with Crippen LogP contribution in [-0.4, -0.2) is 28.3 Å². The van der Waals surface area contributed by atoms with Crippen LogP contribution < -0.4 is 10.6 Å². The first-order chi connectivity index (χ1) is 12.7. The molecule has 0 atom stereocenters. The van der Waals surface area contributed by atoms with Crippen molar-refractivity contribution in [3.63, 3.8) is 0 Å². The topological polar surface area (TPSA) is 89.8 Å². The van der Waals surface area contributed by atoms with E-state index in [9.17, 15) is 9.59 Å². The molecule has 2 heterocycles. The lowest BCUT2D eigenvalue weighted by molar-refractivity contribution is -0.136. The number of rotatable bonds is 4. The van der Waals surface area contributed by atoms with Gasteiger partial charge in [-0.1, -0.05) is 18.2 Å². The minimum atomic E-state index is -0.668. The second kappa shape index (κ2) is 6.76. The highest BCUT2D eigenvalue weighted by Crippen LogP contribution is 2.18. The summed E-state index contributed by atoms with van der Waals surface area (Å²) in [5, 5.41) is 7.40. The Bertz CT molecular complexity index is 1090. The molecule has 6 heteroatoms. The maximum atomic E-state index is 12.1. The SMILES string of the molecule is O=C(NCCc1c[nH]c2ccccc12)C(=O)Nc1ccc2[nH]ccc2c1. The molecule has 0 unspecified atom stereocenters. The third kappa shape index (κ3) is 3.17. The molecule has 0 bridgehead atoms. The van der Waals surface area contributed by atoms with E-state index in [0.717, 1.165) is 27.4 Å². The second-order valence-electron chi connectivity index (χ2n) is 6.10. The van der Waals surface area contributed by atoms with E-state index < -0.39 is 11.8 Å². The van der Waals surface area contributed by atoms with Gasteiger partial charge in [-0.05, 0) is 42.3 Å². The minimum absolute atomic E-state index is 0.394. The number of nitrogens with one attached hydrogen (secondary N) is 4. The summed E-state index contributed by atoms with van der Waals surface area (Å²) in [5.74, 6) is -1.31. The van der Waals surface area contributed by atoms with Crippen LogP contribution in [0.5, 0.6) is 0 Å². The number of amides is 2. The molecule has 0 fully saturated rings. The number of fused-ring (bicyclic) bond motifs is 2. The number of para-hydroxylation sites is 1. The van der Waals surface area contributed by atoms with Crippen molar-refractivity contribution in [1.29, 1.82) is 0 Å². The molecular formula is C20H18N4O2. The lowest BCUT2D eigenvalue weighted by atomic mass is 10.1. The number of hydrogen-bond acceptors (Lipinski definition) is 2. The Labute approximate surface area is 149 Å². The van der Waals surface area contributed by atoms with Crippen LogP contribution in [0.4, 0.5) is 5.69 Å². The summed E-state index contributed by atoms with van der Waals surface area (Å²) in [6.07, 6.45) is 4.41. The third-order valence-corrected chi connectivity index (χ3v) is 4.37. The Kier molecular flexibility index (Phi) is 4.15. The van der Waals surface area contributed by atoms with Gasteiger partial charge in [-0.15, -0.1) is 0 Å². The van der Waals surface area contributed by atoms with E-state index in [-0.39, 0.29) is 0 Å². The smallest absolute Gasteiger partial charge is 0.313 e. The molecule has 2 aromatic heterocycles. The number of aromatic nitrogens is 2. The fourth-order valence-corrected chi connectivity index (χ4v) is 3.05. The average Bonchev–Trinajstić information content (AvgIpc) is 3.28. The third-order valence-electron chi connectivity index (χ3n) is 4.37. The number of anilines is 1. The molecule has 2 amide bonds. The molecule has 0 saturated heterocycles. The van der Waals surface area contributed by atoms with Gasteiger partial charge in [-0.2, -0.15) is 0 Å². The zero-order valence-corrected chi connectivity index (χ0v) is 14.0. The second-order valence-corrected chi connectivity index (χ2v) is 6.10. The van der Waals surface area contributed by atoms with E-state index in [1.165, 1.54) is 0 Å². The van der Waals surface area contributed by atoms with Crippen LogP contribution in [-0.2, 0) is 16.0 Å². The molecule has 0 spiro atoms. The van der Waals surface area contributed by atoms with Gasteiger partial charge in [0.05, 0.1) is 0 Å². The fourth-order valence-electron chi connectivity index (χ4n) is 3.05. The van der Waals surface area contributed by atoms with E-state index in [4.69, 9.17) is 0 Å². The molecule has 0 radical (unpaired) electrons. The summed E-state index contributed by atoms with van der Waals surface area (Å²) in [7, 11) is 0. The van der Waals surface area contributed by atoms with Crippen LogP contribution >= 0.6 is 0 Å². The highest BCUT2D eigenvalue weighted by atomic mass is 16.2. The van der Waals surface area contributed by atoms with Gasteiger partial charge in [-0.3, -0.25) is 9.59 Å². The molecule has 130 valence electrons. The van der Waals surface area contributed by atoms with Gasteiger partial charge in [0.1, 0.15) is 0 Å². The molecule has 4 N–H and O–H groups in total. The van der Waals surface area contributed by atoms with Crippen LogP contribution in [0.3, 0.4) is 0 Å². The molecule has 4 aromatic rings. The Morgan fingerprint density at radius 3 is 2.73 bits per heavy atom. The number of aromatic amines is 2. The number of benzene rings is 2. The molecule has 0 aliphatic carbocycles. The van der Waals surface area contributed by atoms with Crippen molar-refractivity contribution >= 4 is 39.3 Å². The van der Waals surface area contributed by atoms with Gasteiger partial charge < -0.3 is 20.6 Å². The van der Waals surface area contributed by atoms with Gasteiger partial charge in [0.2, 0.25) is 0 Å². The molecule has 4 rings (SSSR count). The first kappa shape index (κ1) is 16.0. The maximum Gasteiger partial charge on any atom is 0.313 e. The highest BCUT2D eigenvalue weighted by molar-refractivity contribution is 6.39. The van der Waals surface area contributed by atoms with Crippen molar-refractivity contribution in [3.05, 3.63) is 66.5 Å². The van der Waals surface area contributed by atoms with Crippen molar-refractivity contribution in [2.75, 3.05) is 11.9 Å². The number of H-pyrrole nitrogens is 2. The minimum Gasteiger partial charge on any atom is -0.361 e. The highest BCUT2D eigenvalue weighted by Gasteiger charge is 2.13. The quantitative estimate of drug-likeness (QED) is 0.428. The van der Waals surface area contributed by atoms with E-state index in [1.807, 2.05) is 54.9 Å². The summed E-state index contributed by atoms with van der Waals surface area (Å²) in [4.78, 5) is 30.4. The zero-order valence-electron chi connectivity index (χ0n) is 14.0. The van der Waals surface area contributed by atoms with Crippen molar-refractivity contribution in [3.8, 4) is 0 Å². The lowest BCUT2D eigenvalue weighted by Crippen LogP contribution is -2.36. The van der Waals surface area contributed by atoms with E-state index in [2.05, 4.69) is 20.6 Å². The van der Waals surface area contributed by atoms with Crippen molar-refractivity contribution in [2.45, 2.75) is 6.42 Å². The average molecular weight is 346 g/mol. The normalized spacial score (nSPS) is 10.9. The lowest BCUT2D eigenvalue weighted by Gasteiger charge is -2.06. The van der Waals surface area contributed by atoms with Crippen LogP contribution in [0, 0.1) is 0 Å². The molecule has 0 aliphatic rings. The number of carbonyl (C=O) groups excluding carboxylic acids is 2. The summed E-state index contributed by atoms with van der Waals surface area (Å²) in [5.41, 5.74) is 3.74. The van der Waals surface area contributed by atoms with E-state index in [1.54, 1.807) is 6.07 Å². The van der Waals surface area contributed by atoms with Gasteiger partial charge in [0.25, 0.3) is 0 Å². The Morgan fingerprint density at radius 1 is 0.923 bits per heavy atom. The molecule has 26 heavy (non-hydrogen) atoms. The van der Waals surface area contributed by atoms with Crippen LogP contribution in [0.15, 0.2) is 60.9 Å². The standard InChI is InChI=1S/C20H18N4O2/c25-19(20(26)24-15-5-6-17-13(11-15)7-9-21-17)22-10-8-14-12-23-18-4-2-1-3-16(14)18/h1-7,9,11-12,21,23H,8,10H2,(H,22,25)(H,24,26). The van der Waals surface area contributed by atoms with E-state index in [0.29, 0.717) is 18.7 Å². The monoisotopic (exact) mass is 346 g/mol. The molecule has 2 aromatic carbocycles. The summed E-state index contributed by atoms with van der Waals surface area (Å²) >= 11 is 0. The largest absolute Gasteiger partial charge is 0.361 e. The van der Waals surface area contributed by atoms with Crippen LogP contribution in [0.2, 0.25) is 0 Å². The molecular weight excluding hydrogens is 328 g/mol. The Hall–Kier alpha value is -3.54. The maximum absolute atomic E-state index is 12.1. The van der Waals surface area contributed by atoms with Gasteiger partial charge in [0.15, 0.2) is 0 Å². The van der Waals surface area contributed by atoms with Gasteiger partial charge in [-0.25, -0.2) is 0 Å². The zero-order chi connectivity index (χ0) is 17.9. The number of hydrogen-bond donors (Lipinski definition) is 4. The Morgan fingerprint density at radius 2 is 1.81 bits per heavy atom. The summed E-state index contributed by atoms with van der Waals surface area (Å²) < 4.78 is 0. The van der Waals surface area contributed by atoms with Crippen LogP contribution in [0.1, 0.15) is 5.56 Å². The van der Waals surface area contributed by atoms with Crippen molar-refractivity contribution in [1.82, 2.24) is 15.3 Å². The molecule has 6 nitrogen and oxygen atoms in total. The van der Waals surface area contributed by atoms with Crippen molar-refractivity contribution < 1.29 is 9.59 Å². The number of carbonyl (C=O) groups is 2. The van der Waals surface area contributed by atoms with Crippen LogP contribution in [0.25, 0.3) is 21.8 Å².